The van der Waals surface area contributed by atoms with Crippen molar-refractivity contribution in [3.63, 3.8) is 0 Å². The van der Waals surface area contributed by atoms with E-state index in [0.717, 1.165) is 12.8 Å². The molecule has 1 aliphatic carbocycles. The first-order valence-corrected chi connectivity index (χ1v) is 7.77. The Labute approximate surface area is 142 Å². The number of ether oxygens (including phenoxy) is 1. The third-order valence-electron chi connectivity index (χ3n) is 3.24. The quantitative estimate of drug-likeness (QED) is 0.284. The number of carbonyl (C=O) groups excluding carboxylic acids is 1. The van der Waals surface area contributed by atoms with Gasteiger partial charge in [-0.2, -0.15) is 0 Å². The van der Waals surface area contributed by atoms with Gasteiger partial charge in [-0.3, -0.25) is 4.99 Å². The van der Waals surface area contributed by atoms with E-state index in [4.69, 9.17) is 27.9 Å². The zero-order valence-electron chi connectivity index (χ0n) is 12.6. The second kappa shape index (κ2) is 7.27. The van der Waals surface area contributed by atoms with Crippen LogP contribution in [-0.4, -0.2) is 34.9 Å². The van der Waals surface area contributed by atoms with E-state index in [1.165, 1.54) is 13.1 Å². The molecular weight excluding hydrogens is 346 g/mol. The van der Waals surface area contributed by atoms with E-state index in [9.17, 15) is 14.3 Å². The topological polar surface area (TPSA) is 71.8 Å². The minimum atomic E-state index is -0.819. The molecular formula is C15H15Cl2FN2O3. The van der Waals surface area contributed by atoms with Gasteiger partial charge in [0.05, 0.1) is 18.2 Å². The van der Waals surface area contributed by atoms with Crippen LogP contribution in [0.4, 0.5) is 4.39 Å². The summed E-state index contributed by atoms with van der Waals surface area (Å²) in [4.78, 5) is 19.8. The van der Waals surface area contributed by atoms with Crippen molar-refractivity contribution in [2.75, 3.05) is 6.61 Å². The molecule has 124 valence electrons. The van der Waals surface area contributed by atoms with Gasteiger partial charge in [0.1, 0.15) is 16.5 Å². The lowest BCUT2D eigenvalue weighted by Crippen LogP contribution is -2.13. The van der Waals surface area contributed by atoms with Crippen molar-refractivity contribution in [3.05, 3.63) is 32.8 Å². The van der Waals surface area contributed by atoms with Crippen molar-refractivity contribution in [2.24, 2.45) is 4.99 Å². The summed E-state index contributed by atoms with van der Waals surface area (Å²) in [7, 11) is 0. The summed E-state index contributed by atoms with van der Waals surface area (Å²) in [5, 5.41) is 9.82. The van der Waals surface area contributed by atoms with Gasteiger partial charge in [-0.1, -0.05) is 23.2 Å². The Balaban J connectivity index is 2.57. The molecule has 1 heterocycles. The number of aliphatic hydroxyl groups excluding tert-OH is 1. The minimum Gasteiger partial charge on any atom is -0.506 e. The number of halogens is 3. The molecule has 0 saturated heterocycles. The van der Waals surface area contributed by atoms with Crippen molar-refractivity contribution >= 4 is 41.1 Å². The average Bonchev–Trinajstić information content (AvgIpc) is 3.29. The van der Waals surface area contributed by atoms with Crippen LogP contribution in [0.25, 0.3) is 5.76 Å². The smallest absolute Gasteiger partial charge is 0.343 e. The van der Waals surface area contributed by atoms with Gasteiger partial charge in [-0.15, -0.1) is 0 Å². The number of aliphatic imine (C=N–C) groups is 1. The van der Waals surface area contributed by atoms with Gasteiger partial charge in [0.2, 0.25) is 0 Å². The number of aromatic nitrogens is 1. The average molecular weight is 361 g/mol. The Bertz CT molecular complexity index is 700. The van der Waals surface area contributed by atoms with Crippen LogP contribution in [-0.2, 0) is 9.53 Å². The van der Waals surface area contributed by atoms with E-state index in [1.807, 2.05) is 0 Å². The standard InChI is InChI=1S/C15H15Cl2FN2O3/c1-3-23-15(22)9(6-19-8-4-5-8)12(21)10-7(2)11(18)14(17)20-13(10)16/h6,8,21H,3-5H2,1-2H3. The predicted octanol–water partition coefficient (Wildman–Crippen LogP) is 3.90. The van der Waals surface area contributed by atoms with Crippen LogP contribution in [0, 0.1) is 12.7 Å². The van der Waals surface area contributed by atoms with Crippen molar-refractivity contribution in [1.29, 1.82) is 0 Å². The lowest BCUT2D eigenvalue weighted by molar-refractivity contribution is -0.137. The Morgan fingerprint density at radius 1 is 1.48 bits per heavy atom. The van der Waals surface area contributed by atoms with Crippen LogP contribution in [0.15, 0.2) is 10.6 Å². The second-order valence-electron chi connectivity index (χ2n) is 5.00. The summed E-state index contributed by atoms with van der Waals surface area (Å²) in [6.45, 7) is 3.13. The van der Waals surface area contributed by atoms with E-state index in [2.05, 4.69) is 9.98 Å². The summed E-state index contributed by atoms with van der Waals surface area (Å²) in [5.41, 5.74) is -0.333. The number of carbonyl (C=O) groups is 1. The molecule has 0 aliphatic heterocycles. The fraction of sp³-hybridized carbons (Fsp3) is 0.400. The van der Waals surface area contributed by atoms with Crippen LogP contribution in [0.5, 0.6) is 0 Å². The molecule has 1 aromatic rings. The van der Waals surface area contributed by atoms with Gasteiger partial charge in [0.15, 0.2) is 11.0 Å². The summed E-state index contributed by atoms with van der Waals surface area (Å²) in [6, 6.07) is 0.129. The van der Waals surface area contributed by atoms with Gasteiger partial charge >= 0.3 is 5.97 Å². The minimum absolute atomic E-state index is 0.0193. The molecule has 8 heteroatoms. The summed E-state index contributed by atoms with van der Waals surface area (Å²) < 4.78 is 18.8. The summed E-state index contributed by atoms with van der Waals surface area (Å²) in [6.07, 6.45) is 3.07. The molecule has 1 N–H and O–H groups in total. The molecule has 0 aromatic carbocycles. The number of rotatable bonds is 5. The fourth-order valence-electron chi connectivity index (χ4n) is 1.84. The number of nitrogens with zero attached hydrogens (tertiary/aromatic N) is 2. The molecule has 1 aliphatic rings. The number of esters is 1. The molecule has 0 spiro atoms. The molecule has 1 saturated carbocycles. The maximum Gasteiger partial charge on any atom is 0.343 e. The zero-order chi connectivity index (χ0) is 17.1. The summed E-state index contributed by atoms with van der Waals surface area (Å²) >= 11 is 11.6. The van der Waals surface area contributed by atoms with Crippen LogP contribution in [0.2, 0.25) is 10.3 Å². The number of pyridine rings is 1. The van der Waals surface area contributed by atoms with Gasteiger partial charge in [-0.05, 0) is 26.7 Å². The Morgan fingerprint density at radius 2 is 2.13 bits per heavy atom. The fourth-order valence-corrected chi connectivity index (χ4v) is 2.43. The van der Waals surface area contributed by atoms with E-state index in [1.54, 1.807) is 6.92 Å². The molecule has 0 atom stereocenters. The monoisotopic (exact) mass is 360 g/mol. The SMILES string of the molecule is CCOC(=O)C(C=NC1CC1)=C(O)c1c(Cl)nc(Cl)c(F)c1C. The maximum atomic E-state index is 13.9. The number of aliphatic hydroxyl groups is 1. The largest absolute Gasteiger partial charge is 0.506 e. The highest BCUT2D eigenvalue weighted by molar-refractivity contribution is 6.34. The highest BCUT2D eigenvalue weighted by Gasteiger charge is 2.25. The highest BCUT2D eigenvalue weighted by atomic mass is 35.5. The van der Waals surface area contributed by atoms with Crippen molar-refractivity contribution in [3.8, 4) is 0 Å². The van der Waals surface area contributed by atoms with Gasteiger partial charge in [0.25, 0.3) is 0 Å². The van der Waals surface area contributed by atoms with E-state index in [-0.39, 0.29) is 34.5 Å². The van der Waals surface area contributed by atoms with Crippen LogP contribution >= 0.6 is 23.2 Å². The van der Waals surface area contributed by atoms with Crippen LogP contribution < -0.4 is 0 Å². The molecule has 0 bridgehead atoms. The molecule has 5 nitrogen and oxygen atoms in total. The highest BCUT2D eigenvalue weighted by Crippen LogP contribution is 2.31. The normalized spacial score (nSPS) is 15.7. The van der Waals surface area contributed by atoms with Crippen LogP contribution in [0.1, 0.15) is 30.9 Å². The van der Waals surface area contributed by atoms with E-state index < -0.39 is 22.7 Å². The third-order valence-corrected chi connectivity index (χ3v) is 3.76. The van der Waals surface area contributed by atoms with Gasteiger partial charge in [-0.25, -0.2) is 14.2 Å². The molecule has 23 heavy (non-hydrogen) atoms. The van der Waals surface area contributed by atoms with Crippen molar-refractivity contribution in [2.45, 2.75) is 32.7 Å². The molecule has 0 radical (unpaired) electrons. The summed E-state index contributed by atoms with van der Waals surface area (Å²) in [5.74, 6) is -2.14. The molecule has 1 fully saturated rings. The Morgan fingerprint density at radius 3 is 2.70 bits per heavy atom. The number of hydrogen-bond donors (Lipinski definition) is 1. The zero-order valence-corrected chi connectivity index (χ0v) is 14.1. The maximum absolute atomic E-state index is 13.9. The first kappa shape index (κ1) is 17.7. The third kappa shape index (κ3) is 4.00. The van der Waals surface area contributed by atoms with Gasteiger partial charge < -0.3 is 9.84 Å². The molecule has 1 aromatic heterocycles. The van der Waals surface area contributed by atoms with Crippen molar-refractivity contribution in [1.82, 2.24) is 4.98 Å². The number of hydrogen-bond acceptors (Lipinski definition) is 5. The van der Waals surface area contributed by atoms with Crippen LogP contribution in [0.3, 0.4) is 0 Å². The molecule has 2 rings (SSSR count). The Kier molecular flexibility index (Phi) is 5.59. The predicted molar refractivity (Wildman–Crippen MR) is 86.6 cm³/mol. The molecule has 0 unspecified atom stereocenters. The molecule has 0 amide bonds. The Hall–Kier alpha value is -1.66. The first-order chi connectivity index (χ1) is 10.9. The first-order valence-electron chi connectivity index (χ1n) is 7.01. The van der Waals surface area contributed by atoms with Gasteiger partial charge in [0, 0.05) is 11.8 Å². The lowest BCUT2D eigenvalue weighted by atomic mass is 10.1. The van der Waals surface area contributed by atoms with E-state index in [0.29, 0.717) is 0 Å². The lowest BCUT2D eigenvalue weighted by Gasteiger charge is -2.11. The van der Waals surface area contributed by atoms with E-state index >= 15 is 0 Å². The second-order valence-corrected chi connectivity index (χ2v) is 5.72. The van der Waals surface area contributed by atoms with Crippen molar-refractivity contribution < 1.29 is 19.0 Å².